The van der Waals surface area contributed by atoms with Crippen LogP contribution in [0.5, 0.6) is 5.75 Å². The lowest BCUT2D eigenvalue weighted by Crippen LogP contribution is -2.40. The lowest BCUT2D eigenvalue weighted by atomic mass is 10.0. The standard InChI is InChI=1S/C17H24N4OS/c1-3-14-7-4-5-10-19(14)13-21-17(23)20(12-18-21)15-8-6-9-16(11-15)22-2/h6,8-9,11-12,14H,3-5,7,10,13H2,1-2H3/t14-/m0/s1. The lowest BCUT2D eigenvalue weighted by Gasteiger charge is -2.34. The van der Waals surface area contributed by atoms with Crippen LogP contribution in [0, 0.1) is 4.77 Å². The molecule has 1 atom stereocenters. The van der Waals surface area contributed by atoms with Crippen LogP contribution < -0.4 is 4.74 Å². The summed E-state index contributed by atoms with van der Waals surface area (Å²) in [5.74, 6) is 0.819. The molecule has 1 aliphatic heterocycles. The summed E-state index contributed by atoms with van der Waals surface area (Å²) in [4.78, 5) is 2.50. The molecule has 6 heteroatoms. The van der Waals surface area contributed by atoms with Crippen molar-refractivity contribution in [2.45, 2.75) is 45.3 Å². The number of methoxy groups -OCH3 is 1. The van der Waals surface area contributed by atoms with Crippen LogP contribution in [0.15, 0.2) is 30.6 Å². The highest BCUT2D eigenvalue weighted by atomic mass is 32.1. The molecule has 0 radical (unpaired) electrons. The molecule has 0 spiro atoms. The first-order valence-corrected chi connectivity index (χ1v) is 8.66. The fourth-order valence-electron chi connectivity index (χ4n) is 3.25. The van der Waals surface area contributed by atoms with Crippen LogP contribution in [0.3, 0.4) is 0 Å². The van der Waals surface area contributed by atoms with E-state index in [1.165, 1.54) is 25.7 Å². The number of rotatable bonds is 5. The van der Waals surface area contributed by atoms with Crippen LogP contribution in [0.1, 0.15) is 32.6 Å². The Bertz CT molecular complexity index is 709. The Morgan fingerprint density at radius 3 is 3.00 bits per heavy atom. The predicted molar refractivity (Wildman–Crippen MR) is 93.6 cm³/mol. The smallest absolute Gasteiger partial charge is 0.203 e. The second-order valence-corrected chi connectivity index (χ2v) is 6.36. The van der Waals surface area contributed by atoms with E-state index in [0.29, 0.717) is 6.04 Å². The van der Waals surface area contributed by atoms with Crippen molar-refractivity contribution in [1.82, 2.24) is 19.2 Å². The minimum Gasteiger partial charge on any atom is -0.497 e. The highest BCUT2D eigenvalue weighted by Gasteiger charge is 2.21. The van der Waals surface area contributed by atoms with E-state index in [2.05, 4.69) is 16.9 Å². The number of likely N-dealkylation sites (tertiary alicyclic amines) is 1. The van der Waals surface area contributed by atoms with E-state index in [4.69, 9.17) is 17.0 Å². The Kier molecular flexibility index (Phi) is 5.13. The van der Waals surface area contributed by atoms with E-state index in [1.807, 2.05) is 33.5 Å². The first kappa shape index (κ1) is 16.2. The van der Waals surface area contributed by atoms with E-state index in [9.17, 15) is 0 Å². The van der Waals surface area contributed by atoms with Gasteiger partial charge < -0.3 is 4.74 Å². The van der Waals surface area contributed by atoms with Crippen molar-refractivity contribution >= 4 is 12.2 Å². The summed E-state index contributed by atoms with van der Waals surface area (Å²) in [6, 6.07) is 8.52. The van der Waals surface area contributed by atoms with Crippen molar-refractivity contribution < 1.29 is 4.74 Å². The average Bonchev–Trinajstić information content (AvgIpc) is 2.96. The molecule has 23 heavy (non-hydrogen) atoms. The molecule has 5 nitrogen and oxygen atoms in total. The molecule has 1 saturated heterocycles. The fraction of sp³-hybridized carbons (Fsp3) is 0.529. The van der Waals surface area contributed by atoms with Gasteiger partial charge in [0.2, 0.25) is 4.77 Å². The van der Waals surface area contributed by atoms with Gasteiger partial charge in [-0.05, 0) is 43.6 Å². The number of hydrogen-bond acceptors (Lipinski definition) is 4. The predicted octanol–water partition coefficient (Wildman–Crippen LogP) is 3.63. The summed E-state index contributed by atoms with van der Waals surface area (Å²) in [6.07, 6.45) is 6.85. The number of hydrogen-bond donors (Lipinski definition) is 0. The molecular weight excluding hydrogens is 308 g/mol. The third-order valence-corrected chi connectivity index (χ3v) is 5.01. The van der Waals surface area contributed by atoms with Gasteiger partial charge in [0.15, 0.2) is 0 Å². The van der Waals surface area contributed by atoms with Crippen molar-refractivity contribution in [3.05, 3.63) is 35.4 Å². The van der Waals surface area contributed by atoms with Crippen LogP contribution in [-0.2, 0) is 6.67 Å². The zero-order valence-corrected chi connectivity index (χ0v) is 14.6. The first-order chi connectivity index (χ1) is 11.2. The van der Waals surface area contributed by atoms with E-state index < -0.39 is 0 Å². The van der Waals surface area contributed by atoms with Crippen molar-refractivity contribution in [2.75, 3.05) is 13.7 Å². The maximum atomic E-state index is 5.63. The maximum Gasteiger partial charge on any atom is 0.203 e. The summed E-state index contributed by atoms with van der Waals surface area (Å²) in [6.45, 7) is 4.16. The van der Waals surface area contributed by atoms with Gasteiger partial charge in [0.1, 0.15) is 12.1 Å². The summed E-state index contributed by atoms with van der Waals surface area (Å²) < 4.78 is 9.86. The lowest BCUT2D eigenvalue weighted by molar-refractivity contribution is 0.100. The fourth-order valence-corrected chi connectivity index (χ4v) is 3.51. The van der Waals surface area contributed by atoms with Crippen LogP contribution in [-0.4, -0.2) is 38.9 Å². The van der Waals surface area contributed by atoms with E-state index in [-0.39, 0.29) is 0 Å². The van der Waals surface area contributed by atoms with E-state index in [1.54, 1.807) is 13.4 Å². The molecule has 0 saturated carbocycles. The summed E-state index contributed by atoms with van der Waals surface area (Å²) in [5, 5.41) is 4.50. The van der Waals surface area contributed by atoms with Crippen LogP contribution in [0.2, 0.25) is 0 Å². The topological polar surface area (TPSA) is 35.2 Å². The first-order valence-electron chi connectivity index (χ1n) is 8.26. The van der Waals surface area contributed by atoms with E-state index >= 15 is 0 Å². The Labute approximate surface area is 142 Å². The highest BCUT2D eigenvalue weighted by Crippen LogP contribution is 2.21. The van der Waals surface area contributed by atoms with Gasteiger partial charge in [-0.15, -0.1) is 0 Å². The molecule has 0 aliphatic carbocycles. The number of benzene rings is 1. The van der Waals surface area contributed by atoms with Gasteiger partial charge in [-0.25, -0.2) is 4.68 Å². The molecule has 124 valence electrons. The number of piperidine rings is 1. The van der Waals surface area contributed by atoms with Crippen LogP contribution in [0.25, 0.3) is 5.69 Å². The largest absolute Gasteiger partial charge is 0.497 e. The van der Waals surface area contributed by atoms with Crippen molar-refractivity contribution in [3.8, 4) is 11.4 Å². The zero-order chi connectivity index (χ0) is 16.2. The SMILES string of the molecule is CC[C@H]1CCCCN1Cn1ncn(-c2cccc(OC)c2)c1=S. The van der Waals surface area contributed by atoms with Crippen molar-refractivity contribution in [1.29, 1.82) is 0 Å². The monoisotopic (exact) mass is 332 g/mol. The van der Waals surface area contributed by atoms with Gasteiger partial charge in [-0.2, -0.15) is 5.10 Å². The van der Waals surface area contributed by atoms with Gasteiger partial charge in [0, 0.05) is 18.7 Å². The Balaban J connectivity index is 1.83. The average molecular weight is 332 g/mol. The molecular formula is C17H24N4OS. The Morgan fingerprint density at radius 1 is 1.35 bits per heavy atom. The molecule has 0 bridgehead atoms. The van der Waals surface area contributed by atoms with Gasteiger partial charge in [-0.1, -0.05) is 19.4 Å². The third-order valence-electron chi connectivity index (χ3n) is 4.60. The molecule has 0 amide bonds. The van der Waals surface area contributed by atoms with Gasteiger partial charge in [-0.3, -0.25) is 9.47 Å². The molecule has 0 N–H and O–H groups in total. The minimum atomic E-state index is 0.646. The molecule has 3 rings (SSSR count). The molecule has 2 aromatic rings. The minimum absolute atomic E-state index is 0.646. The van der Waals surface area contributed by atoms with Gasteiger partial charge >= 0.3 is 0 Å². The Hall–Kier alpha value is -1.66. The van der Waals surface area contributed by atoms with Crippen LogP contribution in [0.4, 0.5) is 0 Å². The third kappa shape index (κ3) is 3.48. The summed E-state index contributed by atoms with van der Waals surface area (Å²) in [7, 11) is 1.67. The molecule has 1 aromatic carbocycles. The van der Waals surface area contributed by atoms with Crippen molar-refractivity contribution in [3.63, 3.8) is 0 Å². The molecule has 1 aliphatic rings. The summed E-state index contributed by atoms with van der Waals surface area (Å²) in [5.41, 5.74) is 0.978. The van der Waals surface area contributed by atoms with E-state index in [0.717, 1.165) is 29.4 Å². The molecule has 0 unspecified atom stereocenters. The number of aromatic nitrogens is 3. The van der Waals surface area contributed by atoms with Gasteiger partial charge in [0.25, 0.3) is 0 Å². The van der Waals surface area contributed by atoms with Crippen molar-refractivity contribution in [2.24, 2.45) is 0 Å². The highest BCUT2D eigenvalue weighted by molar-refractivity contribution is 7.71. The van der Waals surface area contributed by atoms with Gasteiger partial charge in [0.05, 0.1) is 19.5 Å². The molecule has 1 aromatic heterocycles. The normalized spacial score (nSPS) is 19.0. The number of nitrogens with zero attached hydrogens (tertiary/aromatic N) is 4. The maximum absolute atomic E-state index is 5.63. The second-order valence-electron chi connectivity index (χ2n) is 6.00. The van der Waals surface area contributed by atoms with Crippen LogP contribution >= 0.6 is 12.2 Å². The molecule has 2 heterocycles. The quantitative estimate of drug-likeness (QED) is 0.783. The second kappa shape index (κ2) is 7.27. The Morgan fingerprint density at radius 2 is 2.22 bits per heavy atom. The summed E-state index contributed by atoms with van der Waals surface area (Å²) >= 11 is 5.63. The zero-order valence-electron chi connectivity index (χ0n) is 13.8. The molecule has 1 fully saturated rings. The number of ether oxygens (including phenoxy) is 1.